The van der Waals surface area contributed by atoms with E-state index >= 15 is 0 Å². The summed E-state index contributed by atoms with van der Waals surface area (Å²) in [6.07, 6.45) is 5.95. The van der Waals surface area contributed by atoms with Crippen LogP contribution in [0.1, 0.15) is 59.9 Å². The minimum atomic E-state index is -2.98. The predicted molar refractivity (Wildman–Crippen MR) is 104 cm³/mol. The van der Waals surface area contributed by atoms with E-state index < -0.39 is 6.61 Å². The van der Waals surface area contributed by atoms with Gasteiger partial charge in [0.25, 0.3) is 5.91 Å². The van der Waals surface area contributed by atoms with Crippen LogP contribution in [0, 0.1) is 13.8 Å². The van der Waals surface area contributed by atoms with Gasteiger partial charge in [0, 0.05) is 29.2 Å². The van der Waals surface area contributed by atoms with Crippen LogP contribution < -0.4 is 14.8 Å². The zero-order valence-corrected chi connectivity index (χ0v) is 16.4. The second-order valence-electron chi connectivity index (χ2n) is 7.14. The van der Waals surface area contributed by atoms with Crippen LogP contribution in [0.4, 0.5) is 14.5 Å². The van der Waals surface area contributed by atoms with Gasteiger partial charge >= 0.3 is 6.61 Å². The first-order valence-corrected chi connectivity index (χ1v) is 9.53. The first-order valence-electron chi connectivity index (χ1n) is 9.53. The van der Waals surface area contributed by atoms with Gasteiger partial charge in [-0.3, -0.25) is 4.79 Å². The van der Waals surface area contributed by atoms with Gasteiger partial charge in [-0.15, -0.1) is 0 Å². The first-order chi connectivity index (χ1) is 13.4. The molecule has 1 N–H and O–H groups in total. The number of benzene rings is 1. The first kappa shape index (κ1) is 20.2. The van der Waals surface area contributed by atoms with Gasteiger partial charge in [-0.05, 0) is 44.9 Å². The molecular weight excluding hydrogens is 366 g/mol. The van der Waals surface area contributed by atoms with E-state index in [0.29, 0.717) is 17.3 Å². The number of carbonyl (C=O) groups excluding carboxylic acids is 1. The number of halogens is 2. The average Bonchev–Trinajstić information content (AvgIpc) is 2.96. The Bertz CT molecular complexity index is 842. The molecule has 0 aliphatic heterocycles. The van der Waals surface area contributed by atoms with Crippen LogP contribution in [-0.4, -0.2) is 24.2 Å². The molecule has 1 amide bonds. The van der Waals surface area contributed by atoms with Gasteiger partial charge < -0.3 is 19.4 Å². The molecule has 152 valence electrons. The van der Waals surface area contributed by atoms with Gasteiger partial charge in [0.05, 0.1) is 12.7 Å². The van der Waals surface area contributed by atoms with E-state index in [4.69, 9.17) is 4.74 Å². The quantitative estimate of drug-likeness (QED) is 0.709. The smallest absolute Gasteiger partial charge is 0.387 e. The lowest BCUT2D eigenvalue weighted by molar-refractivity contribution is -0.0511. The second kappa shape index (κ2) is 8.63. The van der Waals surface area contributed by atoms with Gasteiger partial charge in [0.2, 0.25) is 0 Å². The van der Waals surface area contributed by atoms with Crippen LogP contribution in [0.5, 0.6) is 11.5 Å². The molecule has 0 spiro atoms. The molecule has 1 aliphatic carbocycles. The number of aryl methyl sites for hydroxylation is 1. The number of nitrogens with zero attached hydrogens (tertiary/aromatic N) is 1. The Balaban J connectivity index is 1.81. The van der Waals surface area contributed by atoms with Gasteiger partial charge in [-0.25, -0.2) is 0 Å². The number of carbonyl (C=O) groups is 1. The highest BCUT2D eigenvalue weighted by molar-refractivity contribution is 6.05. The lowest BCUT2D eigenvalue weighted by Crippen LogP contribution is -2.17. The van der Waals surface area contributed by atoms with Gasteiger partial charge in [0.15, 0.2) is 11.5 Å². The maximum Gasteiger partial charge on any atom is 0.387 e. The van der Waals surface area contributed by atoms with Gasteiger partial charge in [-0.2, -0.15) is 8.78 Å². The Morgan fingerprint density at radius 1 is 1.14 bits per heavy atom. The molecule has 0 radical (unpaired) electrons. The average molecular weight is 392 g/mol. The second-order valence-corrected chi connectivity index (χ2v) is 7.14. The number of hydrogen-bond acceptors (Lipinski definition) is 3. The Morgan fingerprint density at radius 2 is 1.86 bits per heavy atom. The fourth-order valence-corrected chi connectivity index (χ4v) is 4.05. The van der Waals surface area contributed by atoms with E-state index in [0.717, 1.165) is 24.2 Å². The van der Waals surface area contributed by atoms with E-state index in [2.05, 4.69) is 14.6 Å². The zero-order valence-electron chi connectivity index (χ0n) is 16.4. The summed E-state index contributed by atoms with van der Waals surface area (Å²) in [5.74, 6) is -0.222. The Hall–Kier alpha value is -2.57. The molecule has 0 unspecified atom stereocenters. The highest BCUT2D eigenvalue weighted by atomic mass is 19.3. The SMILES string of the molecule is COc1ccc(NC(=O)c2cc(C)n(C3CCCCC3)c2C)cc1OC(F)F. The molecule has 1 aliphatic rings. The minimum absolute atomic E-state index is 0.122. The molecule has 1 heterocycles. The zero-order chi connectivity index (χ0) is 20.3. The van der Waals surface area contributed by atoms with E-state index in [-0.39, 0.29) is 17.4 Å². The van der Waals surface area contributed by atoms with Crippen molar-refractivity contribution in [2.75, 3.05) is 12.4 Å². The summed E-state index contributed by atoms with van der Waals surface area (Å²) in [5.41, 5.74) is 2.95. The molecule has 28 heavy (non-hydrogen) atoms. The minimum Gasteiger partial charge on any atom is -0.493 e. The fourth-order valence-electron chi connectivity index (χ4n) is 4.05. The number of hydrogen-bond donors (Lipinski definition) is 1. The molecule has 7 heteroatoms. The van der Waals surface area contributed by atoms with Gasteiger partial charge in [-0.1, -0.05) is 19.3 Å². The third-order valence-corrected chi connectivity index (χ3v) is 5.31. The van der Waals surface area contributed by atoms with Crippen molar-refractivity contribution in [2.45, 2.75) is 58.6 Å². The highest BCUT2D eigenvalue weighted by Crippen LogP contribution is 2.34. The molecule has 1 aromatic heterocycles. The van der Waals surface area contributed by atoms with E-state index in [1.807, 2.05) is 19.9 Å². The molecule has 1 saturated carbocycles. The highest BCUT2D eigenvalue weighted by Gasteiger charge is 2.23. The normalized spacial score (nSPS) is 14.9. The Morgan fingerprint density at radius 3 is 2.50 bits per heavy atom. The van der Waals surface area contributed by atoms with Crippen LogP contribution in [0.2, 0.25) is 0 Å². The van der Waals surface area contributed by atoms with Crippen molar-refractivity contribution >= 4 is 11.6 Å². The van der Waals surface area contributed by atoms with Crippen molar-refractivity contribution in [1.29, 1.82) is 0 Å². The van der Waals surface area contributed by atoms with Crippen molar-refractivity contribution in [3.05, 3.63) is 41.2 Å². The lowest BCUT2D eigenvalue weighted by atomic mass is 9.95. The summed E-state index contributed by atoms with van der Waals surface area (Å²) in [5, 5.41) is 2.77. The molecular formula is C21H26F2N2O3. The maximum absolute atomic E-state index is 12.8. The summed E-state index contributed by atoms with van der Waals surface area (Å²) in [6, 6.07) is 6.73. The number of anilines is 1. The molecule has 2 aromatic rings. The Kier molecular flexibility index (Phi) is 6.21. The number of alkyl halides is 2. The molecule has 0 atom stereocenters. The van der Waals surface area contributed by atoms with Crippen molar-refractivity contribution in [2.24, 2.45) is 0 Å². The molecule has 1 fully saturated rings. The third kappa shape index (κ3) is 4.29. The van der Waals surface area contributed by atoms with Crippen LogP contribution in [-0.2, 0) is 0 Å². The van der Waals surface area contributed by atoms with Crippen molar-refractivity contribution in [3.8, 4) is 11.5 Å². The van der Waals surface area contributed by atoms with Crippen LogP contribution in [0.3, 0.4) is 0 Å². The summed E-state index contributed by atoms with van der Waals surface area (Å²) < 4.78 is 37.0. The van der Waals surface area contributed by atoms with Crippen molar-refractivity contribution < 1.29 is 23.0 Å². The molecule has 1 aromatic carbocycles. The summed E-state index contributed by atoms with van der Waals surface area (Å²) in [7, 11) is 1.37. The molecule has 5 nitrogen and oxygen atoms in total. The topological polar surface area (TPSA) is 52.5 Å². The van der Waals surface area contributed by atoms with Crippen LogP contribution in [0.25, 0.3) is 0 Å². The molecule has 0 bridgehead atoms. The summed E-state index contributed by atoms with van der Waals surface area (Å²) in [4.78, 5) is 12.8. The monoisotopic (exact) mass is 392 g/mol. The van der Waals surface area contributed by atoms with Crippen molar-refractivity contribution in [1.82, 2.24) is 4.57 Å². The third-order valence-electron chi connectivity index (χ3n) is 5.31. The van der Waals surface area contributed by atoms with E-state index in [1.165, 1.54) is 38.5 Å². The largest absolute Gasteiger partial charge is 0.493 e. The standard InChI is InChI=1S/C21H26F2N2O3/c1-13-11-17(14(2)25(13)16-7-5-4-6-8-16)20(26)24-15-9-10-18(27-3)19(12-15)28-21(22)23/h9-12,16,21H,4-8H2,1-3H3,(H,24,26). The summed E-state index contributed by atoms with van der Waals surface area (Å²) in [6.45, 7) is 0.991. The lowest BCUT2D eigenvalue weighted by Gasteiger charge is -2.26. The fraction of sp³-hybridized carbons (Fsp3) is 0.476. The Labute approximate surface area is 163 Å². The maximum atomic E-state index is 12.8. The van der Waals surface area contributed by atoms with Crippen LogP contribution in [0.15, 0.2) is 24.3 Å². The van der Waals surface area contributed by atoms with E-state index in [1.54, 1.807) is 6.07 Å². The van der Waals surface area contributed by atoms with Crippen LogP contribution >= 0.6 is 0 Å². The van der Waals surface area contributed by atoms with Crippen molar-refractivity contribution in [3.63, 3.8) is 0 Å². The number of aromatic nitrogens is 1. The summed E-state index contributed by atoms with van der Waals surface area (Å²) >= 11 is 0. The number of methoxy groups -OCH3 is 1. The molecule has 0 saturated heterocycles. The number of amides is 1. The number of ether oxygens (including phenoxy) is 2. The van der Waals surface area contributed by atoms with Gasteiger partial charge in [0.1, 0.15) is 0 Å². The molecule has 3 rings (SSSR count). The number of nitrogens with one attached hydrogen (secondary N) is 1. The number of rotatable bonds is 6. The predicted octanol–water partition coefficient (Wildman–Crippen LogP) is 5.47. The van der Waals surface area contributed by atoms with E-state index in [9.17, 15) is 13.6 Å².